The molecule has 8 heteroatoms. The van der Waals surface area contributed by atoms with Gasteiger partial charge in [-0.2, -0.15) is 5.10 Å². The van der Waals surface area contributed by atoms with Gasteiger partial charge in [-0.1, -0.05) is 35.9 Å². The smallest absolute Gasteiger partial charge is 0.227 e. The number of methoxy groups -OCH3 is 1. The average molecular weight is 495 g/mol. The summed E-state index contributed by atoms with van der Waals surface area (Å²) >= 11 is 0. The highest BCUT2D eigenvalue weighted by Gasteiger charge is 2.23. The second-order valence-electron chi connectivity index (χ2n) is 9.33. The Kier molecular flexibility index (Phi) is 9.49. The van der Waals surface area contributed by atoms with E-state index in [0.29, 0.717) is 38.7 Å². The summed E-state index contributed by atoms with van der Waals surface area (Å²) in [5, 5.41) is 15.8. The van der Waals surface area contributed by atoms with Crippen molar-refractivity contribution in [2.24, 2.45) is 0 Å². The number of rotatable bonds is 12. The molecule has 1 saturated heterocycles. The number of aliphatic hydroxyl groups is 1. The Hall–Kier alpha value is -2.75. The zero-order chi connectivity index (χ0) is 25.3. The summed E-state index contributed by atoms with van der Waals surface area (Å²) in [4.78, 5) is 4.48. The summed E-state index contributed by atoms with van der Waals surface area (Å²) in [5.41, 5.74) is 4.00. The fraction of sp³-hybridized carbons (Fsp3) is 0.464. The summed E-state index contributed by atoms with van der Waals surface area (Å²) in [6, 6.07) is 18.1. The predicted octanol–water partition coefficient (Wildman–Crippen LogP) is 3.42. The standard InChI is InChI=1S/C28H38N4O4/c1-22-9-11-26(12-10-22)36-28-27(23(2)29-32(28)24-7-5-4-6-8-24)21-31(13-16-34-3)20-25(33)19-30-14-17-35-18-15-30/h4-12,25,33H,13-21H2,1-3H3. The number of β-amino-alcohol motifs (C(OH)–C–C–N with tert-alkyl or cyclic N) is 1. The van der Waals surface area contributed by atoms with Crippen LogP contribution in [0, 0.1) is 13.8 Å². The highest BCUT2D eigenvalue weighted by molar-refractivity contribution is 5.43. The van der Waals surface area contributed by atoms with Gasteiger partial charge in [0.2, 0.25) is 5.88 Å². The Labute approximate surface area is 214 Å². The molecule has 0 aliphatic carbocycles. The second kappa shape index (κ2) is 13.0. The summed E-state index contributed by atoms with van der Waals surface area (Å²) < 4.78 is 19.1. The minimum absolute atomic E-state index is 0.481. The van der Waals surface area contributed by atoms with Crippen LogP contribution < -0.4 is 4.74 Å². The fourth-order valence-electron chi connectivity index (χ4n) is 4.40. The fourth-order valence-corrected chi connectivity index (χ4v) is 4.40. The van der Waals surface area contributed by atoms with Gasteiger partial charge < -0.3 is 19.3 Å². The van der Waals surface area contributed by atoms with Gasteiger partial charge in [0.25, 0.3) is 0 Å². The minimum atomic E-state index is -0.481. The van der Waals surface area contributed by atoms with Crippen molar-refractivity contribution in [1.82, 2.24) is 19.6 Å². The lowest BCUT2D eigenvalue weighted by atomic mass is 10.2. The molecule has 8 nitrogen and oxygen atoms in total. The topological polar surface area (TPSA) is 72.2 Å². The van der Waals surface area contributed by atoms with E-state index in [9.17, 15) is 5.11 Å². The van der Waals surface area contributed by atoms with Crippen LogP contribution in [0.4, 0.5) is 0 Å². The molecule has 2 aromatic carbocycles. The largest absolute Gasteiger partial charge is 0.439 e. The lowest BCUT2D eigenvalue weighted by Crippen LogP contribution is -2.45. The van der Waals surface area contributed by atoms with Gasteiger partial charge >= 0.3 is 0 Å². The number of aromatic nitrogens is 2. The monoisotopic (exact) mass is 494 g/mol. The van der Waals surface area contributed by atoms with Crippen LogP contribution in [0.25, 0.3) is 5.69 Å². The Balaban J connectivity index is 1.59. The molecule has 1 aromatic heterocycles. The van der Waals surface area contributed by atoms with Gasteiger partial charge in [0.05, 0.1) is 42.9 Å². The summed E-state index contributed by atoms with van der Waals surface area (Å²) in [5.74, 6) is 1.45. The van der Waals surface area contributed by atoms with Crippen LogP contribution in [0.2, 0.25) is 0 Å². The van der Waals surface area contributed by atoms with Crippen LogP contribution in [0.15, 0.2) is 54.6 Å². The minimum Gasteiger partial charge on any atom is -0.439 e. The summed E-state index contributed by atoms with van der Waals surface area (Å²) in [7, 11) is 1.70. The van der Waals surface area contributed by atoms with Gasteiger partial charge in [-0.15, -0.1) is 0 Å². The highest BCUT2D eigenvalue weighted by atomic mass is 16.5. The molecule has 2 heterocycles. The normalized spacial score (nSPS) is 15.4. The lowest BCUT2D eigenvalue weighted by Gasteiger charge is -2.31. The Morgan fingerprint density at radius 1 is 1.06 bits per heavy atom. The number of aryl methyl sites for hydroxylation is 2. The van der Waals surface area contributed by atoms with Crippen LogP contribution in [0.3, 0.4) is 0 Å². The quantitative estimate of drug-likeness (QED) is 0.414. The molecular weight excluding hydrogens is 456 g/mol. The van der Waals surface area contributed by atoms with Gasteiger partial charge in [0, 0.05) is 46.4 Å². The molecule has 1 N–H and O–H groups in total. The molecule has 3 aromatic rings. The van der Waals surface area contributed by atoms with Gasteiger partial charge in [0.1, 0.15) is 5.75 Å². The van der Waals surface area contributed by atoms with E-state index in [4.69, 9.17) is 19.3 Å². The number of aliphatic hydroxyl groups excluding tert-OH is 1. The van der Waals surface area contributed by atoms with Crippen LogP contribution in [0.5, 0.6) is 11.6 Å². The molecule has 0 spiro atoms. The van der Waals surface area contributed by atoms with Crippen molar-refractivity contribution in [3.8, 4) is 17.3 Å². The van der Waals surface area contributed by atoms with E-state index in [1.165, 1.54) is 5.56 Å². The van der Waals surface area contributed by atoms with Crippen LogP contribution >= 0.6 is 0 Å². The van der Waals surface area contributed by atoms with Crippen molar-refractivity contribution >= 4 is 0 Å². The van der Waals surface area contributed by atoms with Crippen LogP contribution in [-0.4, -0.2) is 90.4 Å². The molecule has 1 unspecified atom stereocenters. The number of para-hydroxylation sites is 1. The Bertz CT molecular complexity index is 1070. The van der Waals surface area contributed by atoms with Crippen molar-refractivity contribution in [1.29, 1.82) is 0 Å². The van der Waals surface area contributed by atoms with Gasteiger partial charge in [-0.3, -0.25) is 9.80 Å². The zero-order valence-electron chi connectivity index (χ0n) is 21.6. The van der Waals surface area contributed by atoms with E-state index < -0.39 is 6.10 Å². The van der Waals surface area contributed by atoms with E-state index in [1.807, 2.05) is 66.2 Å². The number of hydrogen-bond donors (Lipinski definition) is 1. The SMILES string of the molecule is COCCN(Cc1c(C)nn(-c2ccccc2)c1Oc1ccc(C)cc1)CC(O)CN1CCOCC1. The second-order valence-corrected chi connectivity index (χ2v) is 9.33. The molecule has 1 aliphatic rings. The van der Waals surface area contributed by atoms with Crippen molar-refractivity contribution in [3.05, 3.63) is 71.4 Å². The molecule has 4 rings (SSSR count). The zero-order valence-corrected chi connectivity index (χ0v) is 21.6. The third-order valence-electron chi connectivity index (χ3n) is 6.41. The van der Waals surface area contributed by atoms with Crippen LogP contribution in [0.1, 0.15) is 16.8 Å². The van der Waals surface area contributed by atoms with Crippen molar-refractivity contribution in [2.45, 2.75) is 26.5 Å². The van der Waals surface area contributed by atoms with E-state index in [0.717, 1.165) is 49.0 Å². The lowest BCUT2D eigenvalue weighted by molar-refractivity contribution is 0.00431. The van der Waals surface area contributed by atoms with E-state index in [1.54, 1.807) is 7.11 Å². The molecule has 1 atom stereocenters. The third-order valence-corrected chi connectivity index (χ3v) is 6.41. The van der Waals surface area contributed by atoms with Gasteiger partial charge in [-0.05, 0) is 38.1 Å². The van der Waals surface area contributed by atoms with Crippen molar-refractivity contribution in [3.63, 3.8) is 0 Å². The van der Waals surface area contributed by atoms with Gasteiger partial charge in [0.15, 0.2) is 0 Å². The number of benzene rings is 2. The summed E-state index contributed by atoms with van der Waals surface area (Å²) in [6.07, 6.45) is -0.481. The first-order chi connectivity index (χ1) is 17.5. The maximum atomic E-state index is 10.9. The number of hydrogen-bond acceptors (Lipinski definition) is 7. The first-order valence-corrected chi connectivity index (χ1v) is 12.6. The van der Waals surface area contributed by atoms with E-state index in [2.05, 4.69) is 16.7 Å². The molecule has 0 bridgehead atoms. The average Bonchev–Trinajstić information content (AvgIpc) is 3.19. The number of ether oxygens (including phenoxy) is 3. The molecule has 1 fully saturated rings. The van der Waals surface area contributed by atoms with Crippen LogP contribution in [-0.2, 0) is 16.0 Å². The predicted molar refractivity (Wildman–Crippen MR) is 140 cm³/mol. The first kappa shape index (κ1) is 26.3. The first-order valence-electron chi connectivity index (χ1n) is 12.6. The van der Waals surface area contributed by atoms with Gasteiger partial charge in [-0.25, -0.2) is 4.68 Å². The van der Waals surface area contributed by atoms with Crippen molar-refractivity contribution < 1.29 is 19.3 Å². The maximum Gasteiger partial charge on any atom is 0.227 e. The molecule has 194 valence electrons. The Morgan fingerprint density at radius 3 is 2.47 bits per heavy atom. The van der Waals surface area contributed by atoms with Crippen molar-refractivity contribution in [2.75, 3.05) is 59.7 Å². The van der Waals surface area contributed by atoms with E-state index >= 15 is 0 Å². The Morgan fingerprint density at radius 2 is 1.78 bits per heavy atom. The molecule has 1 aliphatic heterocycles. The number of nitrogens with zero attached hydrogens (tertiary/aromatic N) is 4. The highest BCUT2D eigenvalue weighted by Crippen LogP contribution is 2.31. The molecule has 0 amide bonds. The molecule has 0 radical (unpaired) electrons. The molecule has 36 heavy (non-hydrogen) atoms. The molecule has 0 saturated carbocycles. The number of morpholine rings is 1. The van der Waals surface area contributed by atoms with E-state index in [-0.39, 0.29) is 0 Å². The third kappa shape index (κ3) is 7.15. The summed E-state index contributed by atoms with van der Waals surface area (Å²) in [6.45, 7) is 10.2. The maximum absolute atomic E-state index is 10.9. The molecular formula is C28H38N4O4.